The molecule has 0 aliphatic rings. The van der Waals surface area contributed by atoms with E-state index in [1.54, 1.807) is 0 Å². The van der Waals surface area contributed by atoms with Crippen molar-refractivity contribution in [3.8, 4) is 6.07 Å². The Hall–Kier alpha value is -1.33. The van der Waals surface area contributed by atoms with Gasteiger partial charge in [0.2, 0.25) is 0 Å². The van der Waals surface area contributed by atoms with E-state index in [2.05, 4.69) is 32.0 Å². The van der Waals surface area contributed by atoms with Gasteiger partial charge >= 0.3 is 0 Å². The highest BCUT2D eigenvalue weighted by molar-refractivity contribution is 5.32. The van der Waals surface area contributed by atoms with Gasteiger partial charge in [-0.1, -0.05) is 25.1 Å². The first-order chi connectivity index (χ1) is 7.10. The Kier molecular flexibility index (Phi) is 3.88. The summed E-state index contributed by atoms with van der Waals surface area (Å²) < 4.78 is 0. The molecule has 2 unspecified atom stereocenters. The van der Waals surface area contributed by atoms with E-state index < -0.39 is 0 Å². The van der Waals surface area contributed by atoms with Crippen LogP contribution in [-0.2, 0) is 0 Å². The van der Waals surface area contributed by atoms with Crippen LogP contribution in [0.1, 0.15) is 36.1 Å². The molecule has 0 saturated carbocycles. The van der Waals surface area contributed by atoms with Crippen molar-refractivity contribution in [2.75, 3.05) is 0 Å². The average Bonchev–Trinajstić information content (AvgIpc) is 2.23. The first-order valence-electron chi connectivity index (χ1n) is 5.32. The maximum Gasteiger partial charge on any atom is 0.0675 e. The second-order valence-electron chi connectivity index (χ2n) is 4.01. The molecule has 1 aromatic carbocycles. The quantitative estimate of drug-likeness (QED) is 0.819. The maximum atomic E-state index is 8.95. The third kappa shape index (κ3) is 2.57. The summed E-state index contributed by atoms with van der Waals surface area (Å²) in [4.78, 5) is 0. The van der Waals surface area contributed by atoms with Crippen molar-refractivity contribution in [1.82, 2.24) is 0 Å². The molecule has 15 heavy (non-hydrogen) atoms. The predicted octanol–water partition coefficient (Wildman–Crippen LogP) is 2.85. The molecule has 80 valence electrons. The number of nitriles is 1. The zero-order chi connectivity index (χ0) is 11.4. The Morgan fingerprint density at radius 2 is 2.00 bits per heavy atom. The number of aryl methyl sites for hydroxylation is 2. The van der Waals surface area contributed by atoms with Gasteiger partial charge in [0.15, 0.2) is 0 Å². The summed E-state index contributed by atoms with van der Waals surface area (Å²) in [5, 5.41) is 8.95. The van der Waals surface area contributed by atoms with Gasteiger partial charge in [0.1, 0.15) is 0 Å². The molecule has 0 aliphatic carbocycles. The van der Waals surface area contributed by atoms with Gasteiger partial charge in [-0.2, -0.15) is 5.26 Å². The third-order valence-corrected chi connectivity index (χ3v) is 2.96. The zero-order valence-electron chi connectivity index (χ0n) is 9.62. The zero-order valence-corrected chi connectivity index (χ0v) is 9.62. The lowest BCUT2D eigenvalue weighted by atomic mass is 9.91. The van der Waals surface area contributed by atoms with Crippen molar-refractivity contribution in [3.63, 3.8) is 0 Å². The molecule has 1 rings (SSSR count). The lowest BCUT2D eigenvalue weighted by Gasteiger charge is -2.17. The van der Waals surface area contributed by atoms with Gasteiger partial charge in [-0.15, -0.1) is 0 Å². The van der Waals surface area contributed by atoms with Gasteiger partial charge in [-0.05, 0) is 37.0 Å². The van der Waals surface area contributed by atoms with Crippen LogP contribution in [0.15, 0.2) is 18.2 Å². The van der Waals surface area contributed by atoms with Crippen molar-refractivity contribution < 1.29 is 0 Å². The summed E-state index contributed by atoms with van der Waals surface area (Å²) in [5.74, 6) is -0.0906. The molecular formula is C13H18N2. The van der Waals surface area contributed by atoms with Crippen LogP contribution in [0.4, 0.5) is 0 Å². The molecule has 0 saturated heterocycles. The van der Waals surface area contributed by atoms with Gasteiger partial charge in [0.25, 0.3) is 0 Å². The fourth-order valence-electron chi connectivity index (χ4n) is 1.63. The van der Waals surface area contributed by atoms with Gasteiger partial charge < -0.3 is 5.73 Å². The highest BCUT2D eigenvalue weighted by atomic mass is 14.6. The number of nitrogens with zero attached hydrogens (tertiary/aromatic N) is 1. The second-order valence-corrected chi connectivity index (χ2v) is 4.01. The third-order valence-electron chi connectivity index (χ3n) is 2.96. The van der Waals surface area contributed by atoms with Crippen LogP contribution in [0.3, 0.4) is 0 Å². The van der Waals surface area contributed by atoms with Crippen LogP contribution in [-0.4, -0.2) is 0 Å². The maximum absolute atomic E-state index is 8.95. The van der Waals surface area contributed by atoms with Crippen LogP contribution in [0.5, 0.6) is 0 Å². The average molecular weight is 202 g/mol. The van der Waals surface area contributed by atoms with Crippen LogP contribution in [0, 0.1) is 31.1 Å². The first-order valence-corrected chi connectivity index (χ1v) is 5.32. The van der Waals surface area contributed by atoms with E-state index in [1.165, 1.54) is 11.1 Å². The lowest BCUT2D eigenvalue weighted by molar-refractivity contribution is 0.517. The highest BCUT2D eigenvalue weighted by Gasteiger charge is 2.17. The van der Waals surface area contributed by atoms with Crippen molar-refractivity contribution in [3.05, 3.63) is 34.9 Å². The number of nitrogens with two attached hydrogens (primary N) is 1. The minimum Gasteiger partial charge on any atom is -0.323 e. The summed E-state index contributed by atoms with van der Waals surface area (Å²) in [6, 6.07) is 8.26. The highest BCUT2D eigenvalue weighted by Crippen LogP contribution is 2.23. The molecule has 1 aromatic rings. The van der Waals surface area contributed by atoms with E-state index in [4.69, 9.17) is 11.0 Å². The second kappa shape index (κ2) is 4.95. The van der Waals surface area contributed by atoms with E-state index >= 15 is 0 Å². The SMILES string of the molecule is CCC(C#N)C(N)c1ccc(C)c(C)c1. The van der Waals surface area contributed by atoms with Gasteiger partial charge in [0, 0.05) is 6.04 Å². The topological polar surface area (TPSA) is 49.8 Å². The molecular weight excluding hydrogens is 184 g/mol. The predicted molar refractivity (Wildman–Crippen MR) is 62.2 cm³/mol. The fraction of sp³-hybridized carbons (Fsp3) is 0.462. The van der Waals surface area contributed by atoms with Crippen LogP contribution in [0.2, 0.25) is 0 Å². The van der Waals surface area contributed by atoms with E-state index in [1.807, 2.05) is 13.0 Å². The molecule has 0 aliphatic heterocycles. The standard InChI is InChI=1S/C13H18N2/c1-4-11(8-14)13(15)12-6-5-9(2)10(3)7-12/h5-7,11,13H,4,15H2,1-3H3. The van der Waals surface area contributed by atoms with Crippen molar-refractivity contribution in [1.29, 1.82) is 5.26 Å². The number of rotatable bonds is 3. The van der Waals surface area contributed by atoms with Crippen LogP contribution < -0.4 is 5.73 Å². The minimum atomic E-state index is -0.167. The molecule has 0 bridgehead atoms. The summed E-state index contributed by atoms with van der Waals surface area (Å²) in [6.07, 6.45) is 0.796. The van der Waals surface area contributed by atoms with Gasteiger partial charge in [0.05, 0.1) is 12.0 Å². The van der Waals surface area contributed by atoms with Gasteiger partial charge in [-0.3, -0.25) is 0 Å². The van der Waals surface area contributed by atoms with Crippen molar-refractivity contribution in [2.45, 2.75) is 33.2 Å². The first kappa shape index (κ1) is 11.7. The van der Waals surface area contributed by atoms with Crippen LogP contribution in [0.25, 0.3) is 0 Å². The Morgan fingerprint density at radius 1 is 1.33 bits per heavy atom. The molecule has 2 nitrogen and oxygen atoms in total. The lowest BCUT2D eigenvalue weighted by Crippen LogP contribution is -2.19. The summed E-state index contributed by atoms with van der Waals surface area (Å²) in [5.41, 5.74) is 9.61. The molecule has 2 atom stereocenters. The van der Waals surface area contributed by atoms with E-state index in [0.717, 1.165) is 12.0 Å². The Morgan fingerprint density at radius 3 is 2.47 bits per heavy atom. The normalized spacial score (nSPS) is 14.3. The van der Waals surface area contributed by atoms with Crippen molar-refractivity contribution in [2.24, 2.45) is 11.7 Å². The number of hydrogen-bond donors (Lipinski definition) is 1. The molecule has 0 aromatic heterocycles. The Bertz CT molecular complexity index is 377. The molecule has 0 amide bonds. The number of hydrogen-bond acceptors (Lipinski definition) is 2. The molecule has 2 heteroatoms. The Balaban J connectivity index is 2.97. The molecule has 0 fully saturated rings. The summed E-state index contributed by atoms with van der Waals surface area (Å²) >= 11 is 0. The Labute approximate surface area is 91.7 Å². The molecule has 0 radical (unpaired) electrons. The smallest absolute Gasteiger partial charge is 0.0675 e. The van der Waals surface area contributed by atoms with Gasteiger partial charge in [-0.25, -0.2) is 0 Å². The largest absolute Gasteiger partial charge is 0.323 e. The molecule has 0 heterocycles. The minimum absolute atomic E-state index is 0.0906. The summed E-state index contributed by atoms with van der Waals surface area (Å²) in [7, 11) is 0. The number of benzene rings is 1. The fourth-order valence-corrected chi connectivity index (χ4v) is 1.63. The van der Waals surface area contributed by atoms with E-state index in [9.17, 15) is 0 Å². The monoisotopic (exact) mass is 202 g/mol. The molecule has 2 N–H and O–H groups in total. The van der Waals surface area contributed by atoms with Crippen LogP contribution >= 0.6 is 0 Å². The molecule has 0 spiro atoms. The van der Waals surface area contributed by atoms with Crippen molar-refractivity contribution >= 4 is 0 Å². The summed E-state index contributed by atoms with van der Waals surface area (Å²) in [6.45, 7) is 6.14. The van der Waals surface area contributed by atoms with E-state index in [0.29, 0.717) is 0 Å². The van der Waals surface area contributed by atoms with E-state index in [-0.39, 0.29) is 12.0 Å².